The Labute approximate surface area is 89.1 Å². The van der Waals surface area contributed by atoms with Gasteiger partial charge in [-0.05, 0) is 18.6 Å². The Morgan fingerprint density at radius 3 is 2.67 bits per heavy atom. The molecule has 0 amide bonds. The summed E-state index contributed by atoms with van der Waals surface area (Å²) in [5.74, 6) is 0.117. The molecule has 0 saturated carbocycles. The summed E-state index contributed by atoms with van der Waals surface area (Å²) in [5, 5.41) is 0. The van der Waals surface area contributed by atoms with Gasteiger partial charge < -0.3 is 4.74 Å². The van der Waals surface area contributed by atoms with Crippen molar-refractivity contribution < 1.29 is 14.3 Å². The second kappa shape index (κ2) is 5.29. The summed E-state index contributed by atoms with van der Waals surface area (Å²) < 4.78 is 4.89. The van der Waals surface area contributed by atoms with E-state index in [4.69, 9.17) is 4.74 Å². The maximum atomic E-state index is 11.5. The standard InChI is InChI=1S/C12H14O3/c1-3-5-12(14)10-6-4-7-11(8-10)15-9(2)13/h4,6-8H,3,5H2,1-2H3. The molecule has 0 radical (unpaired) electrons. The van der Waals surface area contributed by atoms with E-state index < -0.39 is 0 Å². The number of Topliss-reactive ketones (excluding diaryl/α,β-unsaturated/α-hetero) is 1. The fourth-order valence-electron chi connectivity index (χ4n) is 1.27. The molecule has 3 nitrogen and oxygen atoms in total. The van der Waals surface area contributed by atoms with Crippen molar-refractivity contribution in [2.24, 2.45) is 0 Å². The summed E-state index contributed by atoms with van der Waals surface area (Å²) in [7, 11) is 0. The lowest BCUT2D eigenvalue weighted by molar-refractivity contribution is -0.131. The van der Waals surface area contributed by atoms with Crippen LogP contribution >= 0.6 is 0 Å². The molecule has 0 bridgehead atoms. The predicted molar refractivity (Wildman–Crippen MR) is 57.0 cm³/mol. The number of hydrogen-bond acceptors (Lipinski definition) is 3. The van der Waals surface area contributed by atoms with Crippen LogP contribution in [0.4, 0.5) is 0 Å². The van der Waals surface area contributed by atoms with E-state index in [0.717, 1.165) is 6.42 Å². The molecule has 0 aliphatic carbocycles. The lowest BCUT2D eigenvalue weighted by atomic mass is 10.1. The monoisotopic (exact) mass is 206 g/mol. The average Bonchev–Trinajstić information content (AvgIpc) is 2.17. The van der Waals surface area contributed by atoms with Gasteiger partial charge in [0.1, 0.15) is 5.75 Å². The maximum Gasteiger partial charge on any atom is 0.308 e. The van der Waals surface area contributed by atoms with Crippen LogP contribution in [0.3, 0.4) is 0 Å². The number of rotatable bonds is 4. The molecular weight excluding hydrogens is 192 g/mol. The molecule has 0 aliphatic heterocycles. The smallest absolute Gasteiger partial charge is 0.308 e. The summed E-state index contributed by atoms with van der Waals surface area (Å²) >= 11 is 0. The van der Waals surface area contributed by atoms with Crippen molar-refractivity contribution in [2.45, 2.75) is 26.7 Å². The Bertz CT molecular complexity index is 369. The van der Waals surface area contributed by atoms with Gasteiger partial charge in [-0.25, -0.2) is 0 Å². The maximum absolute atomic E-state index is 11.5. The van der Waals surface area contributed by atoms with Crippen LogP contribution in [0.5, 0.6) is 5.75 Å². The first-order valence-electron chi connectivity index (χ1n) is 4.95. The molecule has 0 spiro atoms. The SMILES string of the molecule is CCCC(=O)c1cccc(OC(C)=O)c1. The van der Waals surface area contributed by atoms with Crippen molar-refractivity contribution in [3.63, 3.8) is 0 Å². The van der Waals surface area contributed by atoms with Gasteiger partial charge in [-0.2, -0.15) is 0 Å². The van der Waals surface area contributed by atoms with E-state index >= 15 is 0 Å². The van der Waals surface area contributed by atoms with Gasteiger partial charge >= 0.3 is 5.97 Å². The Hall–Kier alpha value is -1.64. The van der Waals surface area contributed by atoms with Crippen LogP contribution in [-0.4, -0.2) is 11.8 Å². The number of ketones is 1. The van der Waals surface area contributed by atoms with Crippen molar-refractivity contribution in [1.29, 1.82) is 0 Å². The van der Waals surface area contributed by atoms with Crippen LogP contribution in [0, 0.1) is 0 Å². The molecule has 0 fully saturated rings. The normalized spacial score (nSPS) is 9.73. The molecule has 0 N–H and O–H groups in total. The number of esters is 1. The largest absolute Gasteiger partial charge is 0.427 e. The zero-order valence-corrected chi connectivity index (χ0v) is 8.95. The van der Waals surface area contributed by atoms with E-state index in [-0.39, 0.29) is 11.8 Å². The molecule has 0 heterocycles. The van der Waals surface area contributed by atoms with Crippen LogP contribution in [-0.2, 0) is 4.79 Å². The zero-order chi connectivity index (χ0) is 11.3. The first-order chi connectivity index (χ1) is 7.13. The van der Waals surface area contributed by atoms with Crippen LogP contribution in [0.25, 0.3) is 0 Å². The van der Waals surface area contributed by atoms with Gasteiger partial charge in [0.25, 0.3) is 0 Å². The Balaban J connectivity index is 2.82. The van der Waals surface area contributed by atoms with Crippen molar-refractivity contribution in [3.05, 3.63) is 29.8 Å². The summed E-state index contributed by atoms with van der Waals surface area (Å²) in [6.07, 6.45) is 1.33. The number of carbonyl (C=O) groups excluding carboxylic acids is 2. The highest BCUT2D eigenvalue weighted by atomic mass is 16.5. The molecule has 0 unspecified atom stereocenters. The molecule has 3 heteroatoms. The van der Waals surface area contributed by atoms with Gasteiger partial charge in [0.05, 0.1) is 0 Å². The lowest BCUT2D eigenvalue weighted by Crippen LogP contribution is -2.03. The van der Waals surface area contributed by atoms with Crippen molar-refractivity contribution in [3.8, 4) is 5.75 Å². The quantitative estimate of drug-likeness (QED) is 0.432. The third-order valence-electron chi connectivity index (χ3n) is 1.89. The number of hydrogen-bond donors (Lipinski definition) is 0. The molecule has 1 aromatic carbocycles. The van der Waals surface area contributed by atoms with Crippen molar-refractivity contribution >= 4 is 11.8 Å². The first-order valence-corrected chi connectivity index (χ1v) is 4.95. The number of carbonyl (C=O) groups is 2. The van der Waals surface area contributed by atoms with Crippen LogP contribution in [0.15, 0.2) is 24.3 Å². The minimum Gasteiger partial charge on any atom is -0.427 e. The average molecular weight is 206 g/mol. The summed E-state index contributed by atoms with van der Waals surface area (Å²) in [6.45, 7) is 3.29. The minimum atomic E-state index is -0.380. The molecule has 1 aromatic rings. The zero-order valence-electron chi connectivity index (χ0n) is 8.95. The molecule has 0 atom stereocenters. The van der Waals surface area contributed by atoms with Gasteiger partial charge in [-0.3, -0.25) is 9.59 Å². The van der Waals surface area contributed by atoms with Gasteiger partial charge in [0.2, 0.25) is 0 Å². The molecule has 0 saturated heterocycles. The van der Waals surface area contributed by atoms with E-state index in [1.165, 1.54) is 6.92 Å². The highest BCUT2D eigenvalue weighted by Gasteiger charge is 2.06. The Morgan fingerprint density at radius 1 is 1.33 bits per heavy atom. The second-order valence-corrected chi connectivity index (χ2v) is 3.29. The minimum absolute atomic E-state index is 0.0755. The van der Waals surface area contributed by atoms with Crippen LogP contribution in [0.1, 0.15) is 37.0 Å². The molecule has 1 rings (SSSR count). The fourth-order valence-corrected chi connectivity index (χ4v) is 1.27. The van der Waals surface area contributed by atoms with E-state index in [9.17, 15) is 9.59 Å². The summed E-state index contributed by atoms with van der Waals surface area (Å²) in [4.78, 5) is 22.3. The van der Waals surface area contributed by atoms with E-state index in [2.05, 4.69) is 0 Å². The van der Waals surface area contributed by atoms with Gasteiger partial charge in [-0.15, -0.1) is 0 Å². The molecule has 80 valence electrons. The van der Waals surface area contributed by atoms with Gasteiger partial charge in [0.15, 0.2) is 5.78 Å². The fraction of sp³-hybridized carbons (Fsp3) is 0.333. The lowest BCUT2D eigenvalue weighted by Gasteiger charge is -2.03. The molecular formula is C12H14O3. The Kier molecular flexibility index (Phi) is 4.03. The number of benzene rings is 1. The number of ether oxygens (including phenoxy) is 1. The van der Waals surface area contributed by atoms with Gasteiger partial charge in [-0.1, -0.05) is 19.1 Å². The van der Waals surface area contributed by atoms with Gasteiger partial charge in [0, 0.05) is 18.9 Å². The van der Waals surface area contributed by atoms with Crippen molar-refractivity contribution in [2.75, 3.05) is 0 Å². The highest BCUT2D eigenvalue weighted by Crippen LogP contribution is 2.15. The highest BCUT2D eigenvalue weighted by molar-refractivity contribution is 5.96. The molecule has 0 aromatic heterocycles. The van der Waals surface area contributed by atoms with Crippen LogP contribution in [0.2, 0.25) is 0 Å². The van der Waals surface area contributed by atoms with E-state index in [0.29, 0.717) is 17.7 Å². The second-order valence-electron chi connectivity index (χ2n) is 3.29. The van der Waals surface area contributed by atoms with E-state index in [1.807, 2.05) is 6.92 Å². The Morgan fingerprint density at radius 2 is 2.07 bits per heavy atom. The van der Waals surface area contributed by atoms with E-state index in [1.54, 1.807) is 24.3 Å². The third kappa shape index (κ3) is 3.54. The third-order valence-corrected chi connectivity index (χ3v) is 1.89. The van der Waals surface area contributed by atoms with Crippen molar-refractivity contribution in [1.82, 2.24) is 0 Å². The molecule has 15 heavy (non-hydrogen) atoms. The van der Waals surface area contributed by atoms with Crippen LogP contribution < -0.4 is 4.74 Å². The first kappa shape index (κ1) is 11.4. The summed E-state index contributed by atoms with van der Waals surface area (Å²) in [5.41, 5.74) is 0.593. The topological polar surface area (TPSA) is 43.4 Å². The molecule has 0 aliphatic rings. The predicted octanol–water partition coefficient (Wildman–Crippen LogP) is 2.59. The summed E-state index contributed by atoms with van der Waals surface area (Å²) in [6, 6.07) is 6.69.